The van der Waals surface area contributed by atoms with Crippen molar-refractivity contribution in [2.75, 3.05) is 0 Å². The molecule has 1 aliphatic rings. The summed E-state index contributed by atoms with van der Waals surface area (Å²) in [5, 5.41) is -0.180. The van der Waals surface area contributed by atoms with E-state index in [4.69, 9.17) is 0 Å². The van der Waals surface area contributed by atoms with Crippen LogP contribution in [-0.2, 0) is 4.79 Å². The van der Waals surface area contributed by atoms with Gasteiger partial charge in [0.1, 0.15) is 0 Å². The molecule has 0 aliphatic carbocycles. The monoisotopic (exact) mass is 339 g/mol. The summed E-state index contributed by atoms with van der Waals surface area (Å²) in [6.07, 6.45) is 2.53. The highest BCUT2D eigenvalue weighted by Gasteiger charge is 2.37. The summed E-state index contributed by atoms with van der Waals surface area (Å²) in [6.45, 7) is 3.85. The first kappa shape index (κ1) is 14.3. The fourth-order valence-electron chi connectivity index (χ4n) is 1.79. The average molecular weight is 340 g/mol. The summed E-state index contributed by atoms with van der Waals surface area (Å²) in [5.74, 6) is -0.190. The predicted molar refractivity (Wildman–Crippen MR) is 81.7 cm³/mol. The quantitative estimate of drug-likeness (QED) is 0.771. The molecule has 5 heteroatoms. The lowest BCUT2D eigenvalue weighted by Gasteiger charge is -2.19. The molecule has 19 heavy (non-hydrogen) atoms. The second-order valence-electron chi connectivity index (χ2n) is 4.36. The number of amides is 2. The van der Waals surface area contributed by atoms with Crippen LogP contribution in [-0.4, -0.2) is 22.1 Å². The average Bonchev–Trinajstić information content (AvgIpc) is 2.64. The number of carbonyl (C=O) groups excluding carboxylic acids is 2. The molecule has 1 saturated heterocycles. The second kappa shape index (κ2) is 5.92. The molecule has 1 unspecified atom stereocenters. The van der Waals surface area contributed by atoms with E-state index in [1.165, 1.54) is 4.90 Å². The summed E-state index contributed by atoms with van der Waals surface area (Å²) in [4.78, 5) is 25.9. The van der Waals surface area contributed by atoms with E-state index in [9.17, 15) is 9.59 Å². The van der Waals surface area contributed by atoms with Crippen LogP contribution >= 0.6 is 27.7 Å². The lowest BCUT2D eigenvalue weighted by molar-refractivity contribution is -0.124. The van der Waals surface area contributed by atoms with E-state index in [0.29, 0.717) is 4.91 Å². The number of imide groups is 1. The Balaban J connectivity index is 2.28. The first-order chi connectivity index (χ1) is 9.02. The van der Waals surface area contributed by atoms with Crippen LogP contribution in [0.2, 0.25) is 0 Å². The predicted octanol–water partition coefficient (Wildman–Crippen LogP) is 4.28. The normalized spacial score (nSPS) is 19.3. The first-order valence-corrected chi connectivity index (χ1v) is 7.66. The molecule has 1 heterocycles. The molecule has 0 spiro atoms. The molecule has 0 aromatic heterocycles. The first-order valence-electron chi connectivity index (χ1n) is 6.05. The van der Waals surface area contributed by atoms with Gasteiger partial charge in [-0.2, -0.15) is 0 Å². The Morgan fingerprint density at radius 3 is 2.79 bits per heavy atom. The minimum absolute atomic E-state index is 0.0547. The zero-order valence-corrected chi connectivity index (χ0v) is 13.1. The van der Waals surface area contributed by atoms with Crippen LogP contribution in [0, 0.1) is 0 Å². The van der Waals surface area contributed by atoms with Crippen molar-refractivity contribution in [2.24, 2.45) is 0 Å². The van der Waals surface area contributed by atoms with E-state index < -0.39 is 0 Å². The van der Waals surface area contributed by atoms with Gasteiger partial charge in [0.15, 0.2) is 0 Å². The van der Waals surface area contributed by atoms with E-state index in [1.54, 1.807) is 6.08 Å². The molecular weight excluding hydrogens is 326 g/mol. The van der Waals surface area contributed by atoms with Crippen molar-refractivity contribution >= 4 is 44.9 Å². The highest BCUT2D eigenvalue weighted by Crippen LogP contribution is 2.34. The van der Waals surface area contributed by atoms with Crippen LogP contribution in [0.25, 0.3) is 6.08 Å². The lowest BCUT2D eigenvalue weighted by Crippen LogP contribution is -2.36. The number of hydrogen-bond acceptors (Lipinski definition) is 3. The Morgan fingerprint density at radius 2 is 2.16 bits per heavy atom. The summed E-state index contributed by atoms with van der Waals surface area (Å²) in [7, 11) is 0. The number of benzene rings is 1. The van der Waals surface area contributed by atoms with E-state index in [0.717, 1.165) is 28.2 Å². The van der Waals surface area contributed by atoms with E-state index in [-0.39, 0.29) is 17.2 Å². The van der Waals surface area contributed by atoms with Crippen LogP contribution in [0.1, 0.15) is 25.8 Å². The van der Waals surface area contributed by atoms with E-state index >= 15 is 0 Å². The Bertz CT molecular complexity index is 556. The minimum atomic E-state index is -0.190. The third kappa shape index (κ3) is 3.09. The standard InChI is InChI=1S/C14H14BrNO2S/c1-3-9(2)16-13(17)12(19-14(16)18)8-10-5-4-6-11(15)7-10/h4-9H,3H2,1-2H3/b12-8+. The summed E-state index contributed by atoms with van der Waals surface area (Å²) >= 11 is 4.40. The highest BCUT2D eigenvalue weighted by atomic mass is 79.9. The van der Waals surface area contributed by atoms with Gasteiger partial charge >= 0.3 is 0 Å². The molecule has 1 fully saturated rings. The van der Waals surface area contributed by atoms with Crippen LogP contribution < -0.4 is 0 Å². The zero-order valence-electron chi connectivity index (χ0n) is 10.7. The summed E-state index contributed by atoms with van der Waals surface area (Å²) in [5.41, 5.74) is 0.907. The molecule has 2 rings (SSSR count). The van der Waals surface area contributed by atoms with Gasteiger partial charge in [0.2, 0.25) is 0 Å². The molecule has 1 atom stereocenters. The fraction of sp³-hybridized carbons (Fsp3) is 0.286. The van der Waals surface area contributed by atoms with Gasteiger partial charge in [0, 0.05) is 10.5 Å². The molecule has 0 bridgehead atoms. The van der Waals surface area contributed by atoms with Crippen molar-refractivity contribution in [3.63, 3.8) is 0 Å². The maximum Gasteiger partial charge on any atom is 0.293 e. The van der Waals surface area contributed by atoms with E-state index in [1.807, 2.05) is 38.1 Å². The summed E-state index contributed by atoms with van der Waals surface area (Å²) in [6, 6.07) is 7.58. The molecule has 0 N–H and O–H groups in total. The van der Waals surface area contributed by atoms with Gasteiger partial charge in [-0.1, -0.05) is 35.0 Å². The number of hydrogen-bond donors (Lipinski definition) is 0. The topological polar surface area (TPSA) is 37.4 Å². The van der Waals surface area contributed by atoms with Crippen molar-refractivity contribution < 1.29 is 9.59 Å². The van der Waals surface area contributed by atoms with Crippen LogP contribution in [0.4, 0.5) is 4.79 Å². The SMILES string of the molecule is CCC(C)N1C(=O)S/C(=C/c2cccc(Br)c2)C1=O. The lowest BCUT2D eigenvalue weighted by atomic mass is 10.2. The number of nitrogens with zero attached hydrogens (tertiary/aromatic N) is 1. The van der Waals surface area contributed by atoms with Crippen LogP contribution in [0.3, 0.4) is 0 Å². The van der Waals surface area contributed by atoms with Gasteiger partial charge in [-0.25, -0.2) is 0 Å². The van der Waals surface area contributed by atoms with Crippen molar-refractivity contribution in [3.05, 3.63) is 39.2 Å². The number of rotatable bonds is 3. The zero-order chi connectivity index (χ0) is 14.0. The highest BCUT2D eigenvalue weighted by molar-refractivity contribution is 9.10. The van der Waals surface area contributed by atoms with Crippen molar-refractivity contribution in [1.29, 1.82) is 0 Å². The largest absolute Gasteiger partial charge is 0.293 e. The van der Waals surface area contributed by atoms with Gasteiger partial charge < -0.3 is 0 Å². The molecular formula is C14H14BrNO2S. The molecule has 0 saturated carbocycles. The Morgan fingerprint density at radius 1 is 1.42 bits per heavy atom. The molecule has 100 valence electrons. The van der Waals surface area contributed by atoms with Gasteiger partial charge in [0.05, 0.1) is 4.91 Å². The number of thioether (sulfide) groups is 1. The van der Waals surface area contributed by atoms with Crippen LogP contribution in [0.15, 0.2) is 33.6 Å². The van der Waals surface area contributed by atoms with Crippen molar-refractivity contribution in [3.8, 4) is 0 Å². The third-order valence-electron chi connectivity index (χ3n) is 3.00. The molecule has 3 nitrogen and oxygen atoms in total. The number of carbonyl (C=O) groups is 2. The maximum atomic E-state index is 12.2. The molecule has 1 aliphatic heterocycles. The molecule has 0 radical (unpaired) electrons. The third-order valence-corrected chi connectivity index (χ3v) is 4.38. The Hall–Kier alpha value is -1.07. The maximum absolute atomic E-state index is 12.2. The second-order valence-corrected chi connectivity index (χ2v) is 6.27. The van der Waals surface area contributed by atoms with Crippen molar-refractivity contribution in [2.45, 2.75) is 26.3 Å². The van der Waals surface area contributed by atoms with Crippen LogP contribution in [0.5, 0.6) is 0 Å². The summed E-state index contributed by atoms with van der Waals surface area (Å²) < 4.78 is 0.947. The Kier molecular flexibility index (Phi) is 4.47. The molecule has 1 aromatic carbocycles. The van der Waals surface area contributed by atoms with E-state index in [2.05, 4.69) is 15.9 Å². The fourth-order valence-corrected chi connectivity index (χ4v) is 3.14. The molecule has 1 aromatic rings. The van der Waals surface area contributed by atoms with Crippen molar-refractivity contribution in [1.82, 2.24) is 4.90 Å². The molecule has 2 amide bonds. The van der Waals surface area contributed by atoms with Gasteiger partial charge in [-0.05, 0) is 48.9 Å². The smallest absolute Gasteiger partial charge is 0.268 e. The van der Waals surface area contributed by atoms with Gasteiger partial charge in [0.25, 0.3) is 11.1 Å². The Labute approximate surface area is 125 Å². The van der Waals surface area contributed by atoms with Gasteiger partial charge in [-0.3, -0.25) is 14.5 Å². The number of halogens is 1. The minimum Gasteiger partial charge on any atom is -0.268 e. The van der Waals surface area contributed by atoms with Gasteiger partial charge in [-0.15, -0.1) is 0 Å².